The molecular formula is C13H27NO4. The van der Waals surface area contributed by atoms with E-state index in [-0.39, 0.29) is 6.10 Å². The van der Waals surface area contributed by atoms with E-state index in [1.165, 1.54) is 0 Å². The quantitative estimate of drug-likeness (QED) is 0.690. The van der Waals surface area contributed by atoms with Crippen molar-refractivity contribution < 1.29 is 19.3 Å². The molecule has 0 amide bonds. The third-order valence-electron chi connectivity index (χ3n) is 3.24. The molecule has 0 aromatic carbocycles. The van der Waals surface area contributed by atoms with Crippen molar-refractivity contribution in [1.29, 1.82) is 0 Å². The van der Waals surface area contributed by atoms with Gasteiger partial charge in [-0.05, 0) is 13.3 Å². The maximum atomic E-state index is 9.98. The van der Waals surface area contributed by atoms with Crippen LogP contribution in [0, 0.1) is 0 Å². The summed E-state index contributed by atoms with van der Waals surface area (Å²) in [5.41, 5.74) is 0. The molecule has 3 atom stereocenters. The molecule has 1 aliphatic heterocycles. The minimum absolute atomic E-state index is 0.0244. The molecule has 5 heteroatoms. The van der Waals surface area contributed by atoms with E-state index < -0.39 is 6.10 Å². The second-order valence-electron chi connectivity index (χ2n) is 4.89. The fraction of sp³-hybridized carbons (Fsp3) is 1.00. The van der Waals surface area contributed by atoms with Gasteiger partial charge in [0.1, 0.15) is 0 Å². The summed E-state index contributed by atoms with van der Waals surface area (Å²) in [7, 11) is 1.65. The predicted molar refractivity (Wildman–Crippen MR) is 69.8 cm³/mol. The molecule has 108 valence electrons. The maximum Gasteiger partial charge on any atom is 0.0900 e. The van der Waals surface area contributed by atoms with Gasteiger partial charge in [-0.1, -0.05) is 6.92 Å². The summed E-state index contributed by atoms with van der Waals surface area (Å²) < 4.78 is 16.0. The Bertz CT molecular complexity index is 215. The van der Waals surface area contributed by atoms with Gasteiger partial charge in [-0.3, -0.25) is 4.90 Å². The van der Waals surface area contributed by atoms with Crippen molar-refractivity contribution in [3.05, 3.63) is 0 Å². The summed E-state index contributed by atoms with van der Waals surface area (Å²) in [4.78, 5) is 2.29. The Labute approximate surface area is 110 Å². The van der Waals surface area contributed by atoms with Crippen LogP contribution < -0.4 is 0 Å². The standard InChI is InChI=1S/C13H27NO4/c1-4-12-9-17-6-5-14(12)7-13(15)10-18-11(2)8-16-3/h11-13,15H,4-10H2,1-3H3. The Morgan fingerprint density at radius 2 is 2.22 bits per heavy atom. The number of hydrogen-bond donors (Lipinski definition) is 1. The van der Waals surface area contributed by atoms with E-state index in [2.05, 4.69) is 11.8 Å². The third kappa shape index (κ3) is 5.63. The van der Waals surface area contributed by atoms with Gasteiger partial charge in [0.15, 0.2) is 0 Å². The molecule has 0 spiro atoms. The Kier molecular flexibility index (Phi) is 7.77. The van der Waals surface area contributed by atoms with Gasteiger partial charge >= 0.3 is 0 Å². The summed E-state index contributed by atoms with van der Waals surface area (Å²) in [6.45, 7) is 8.08. The lowest BCUT2D eigenvalue weighted by Gasteiger charge is -2.36. The molecule has 0 radical (unpaired) electrons. The highest BCUT2D eigenvalue weighted by Gasteiger charge is 2.23. The number of morpholine rings is 1. The molecule has 0 aliphatic carbocycles. The van der Waals surface area contributed by atoms with Gasteiger partial charge in [0.05, 0.1) is 38.6 Å². The van der Waals surface area contributed by atoms with Crippen molar-refractivity contribution >= 4 is 0 Å². The molecule has 1 rings (SSSR count). The molecule has 18 heavy (non-hydrogen) atoms. The number of β-amino-alcohol motifs (C(OH)–C–C–N with tert-alkyl or cyclic N) is 1. The Balaban J connectivity index is 2.23. The smallest absolute Gasteiger partial charge is 0.0900 e. The van der Waals surface area contributed by atoms with E-state index in [9.17, 15) is 5.11 Å². The van der Waals surface area contributed by atoms with E-state index in [0.29, 0.717) is 25.8 Å². The van der Waals surface area contributed by atoms with Crippen LogP contribution in [0.3, 0.4) is 0 Å². The van der Waals surface area contributed by atoms with Crippen LogP contribution >= 0.6 is 0 Å². The molecule has 0 aromatic rings. The van der Waals surface area contributed by atoms with Crippen LogP contribution in [-0.4, -0.2) is 74.9 Å². The van der Waals surface area contributed by atoms with Crippen molar-refractivity contribution in [2.75, 3.05) is 46.6 Å². The van der Waals surface area contributed by atoms with E-state index in [0.717, 1.165) is 26.2 Å². The highest BCUT2D eigenvalue weighted by molar-refractivity contribution is 4.76. The van der Waals surface area contributed by atoms with Crippen molar-refractivity contribution in [2.45, 2.75) is 38.5 Å². The van der Waals surface area contributed by atoms with Crippen molar-refractivity contribution in [2.24, 2.45) is 0 Å². The van der Waals surface area contributed by atoms with Crippen LogP contribution in [0.1, 0.15) is 20.3 Å². The van der Waals surface area contributed by atoms with E-state index >= 15 is 0 Å². The van der Waals surface area contributed by atoms with Crippen LogP contribution in [0.2, 0.25) is 0 Å². The fourth-order valence-corrected chi connectivity index (χ4v) is 2.19. The largest absolute Gasteiger partial charge is 0.389 e. The number of hydrogen-bond acceptors (Lipinski definition) is 5. The zero-order chi connectivity index (χ0) is 13.4. The van der Waals surface area contributed by atoms with Gasteiger partial charge in [0, 0.05) is 26.2 Å². The van der Waals surface area contributed by atoms with Gasteiger partial charge in [0.2, 0.25) is 0 Å². The van der Waals surface area contributed by atoms with Gasteiger partial charge in [-0.25, -0.2) is 0 Å². The Morgan fingerprint density at radius 3 is 2.89 bits per heavy atom. The monoisotopic (exact) mass is 261 g/mol. The lowest BCUT2D eigenvalue weighted by molar-refractivity contribution is -0.0628. The van der Waals surface area contributed by atoms with Crippen molar-refractivity contribution in [3.63, 3.8) is 0 Å². The number of rotatable bonds is 8. The first kappa shape index (κ1) is 15.9. The summed E-state index contributed by atoms with van der Waals surface area (Å²) in [6, 6.07) is 0.421. The number of methoxy groups -OCH3 is 1. The Hall–Kier alpha value is -0.200. The molecule has 0 saturated carbocycles. The summed E-state index contributed by atoms with van der Waals surface area (Å²) in [5.74, 6) is 0. The zero-order valence-corrected chi connectivity index (χ0v) is 11.8. The molecule has 3 unspecified atom stereocenters. The van der Waals surface area contributed by atoms with Crippen LogP contribution in [0.25, 0.3) is 0 Å². The Morgan fingerprint density at radius 1 is 1.44 bits per heavy atom. The van der Waals surface area contributed by atoms with E-state index in [1.54, 1.807) is 7.11 Å². The second kappa shape index (κ2) is 8.82. The molecule has 1 fully saturated rings. The number of aliphatic hydroxyl groups excluding tert-OH is 1. The first-order valence-electron chi connectivity index (χ1n) is 6.77. The minimum atomic E-state index is -0.448. The normalized spacial score (nSPS) is 25.0. The minimum Gasteiger partial charge on any atom is -0.389 e. The zero-order valence-electron chi connectivity index (χ0n) is 11.8. The average Bonchev–Trinajstić information content (AvgIpc) is 2.37. The highest BCUT2D eigenvalue weighted by Crippen LogP contribution is 2.11. The first-order valence-corrected chi connectivity index (χ1v) is 6.77. The van der Waals surface area contributed by atoms with E-state index in [1.807, 2.05) is 6.92 Å². The molecular weight excluding hydrogens is 234 g/mol. The number of ether oxygens (including phenoxy) is 3. The molecule has 1 N–H and O–H groups in total. The van der Waals surface area contributed by atoms with Crippen molar-refractivity contribution in [1.82, 2.24) is 4.90 Å². The third-order valence-corrected chi connectivity index (χ3v) is 3.24. The SMILES string of the molecule is CCC1COCCN1CC(O)COC(C)COC. The average molecular weight is 261 g/mol. The molecule has 1 aliphatic rings. The summed E-state index contributed by atoms with van der Waals surface area (Å²) in [5, 5.41) is 9.98. The van der Waals surface area contributed by atoms with Gasteiger partial charge in [-0.2, -0.15) is 0 Å². The summed E-state index contributed by atoms with van der Waals surface area (Å²) in [6.07, 6.45) is 0.626. The van der Waals surface area contributed by atoms with Crippen LogP contribution in [0.15, 0.2) is 0 Å². The highest BCUT2D eigenvalue weighted by atomic mass is 16.5. The lowest BCUT2D eigenvalue weighted by Crippen LogP contribution is -2.49. The number of aliphatic hydroxyl groups is 1. The predicted octanol–water partition coefficient (Wildman–Crippen LogP) is 0.510. The topological polar surface area (TPSA) is 51.2 Å². The summed E-state index contributed by atoms with van der Waals surface area (Å²) >= 11 is 0. The van der Waals surface area contributed by atoms with E-state index in [4.69, 9.17) is 14.2 Å². The van der Waals surface area contributed by atoms with Crippen molar-refractivity contribution in [3.8, 4) is 0 Å². The lowest BCUT2D eigenvalue weighted by atomic mass is 10.1. The second-order valence-corrected chi connectivity index (χ2v) is 4.89. The molecule has 1 heterocycles. The van der Waals surface area contributed by atoms with Crippen LogP contribution in [0.5, 0.6) is 0 Å². The maximum absolute atomic E-state index is 9.98. The molecule has 1 saturated heterocycles. The molecule has 0 aromatic heterocycles. The number of nitrogens with zero attached hydrogens (tertiary/aromatic N) is 1. The fourth-order valence-electron chi connectivity index (χ4n) is 2.19. The molecule has 5 nitrogen and oxygen atoms in total. The van der Waals surface area contributed by atoms with Gasteiger partial charge < -0.3 is 19.3 Å². The van der Waals surface area contributed by atoms with Crippen LogP contribution in [0.4, 0.5) is 0 Å². The van der Waals surface area contributed by atoms with Crippen LogP contribution in [-0.2, 0) is 14.2 Å². The van der Waals surface area contributed by atoms with Gasteiger partial charge in [0.25, 0.3) is 0 Å². The van der Waals surface area contributed by atoms with Gasteiger partial charge in [-0.15, -0.1) is 0 Å². The molecule has 0 bridgehead atoms. The first-order chi connectivity index (χ1) is 8.67.